The number of hydrogen-bond acceptors (Lipinski definition) is 2. The Kier molecular flexibility index (Phi) is 7.11. The van der Waals surface area contributed by atoms with Crippen molar-refractivity contribution in [2.75, 3.05) is 0 Å². The minimum Gasteiger partial charge on any atom is -0.228 e. The van der Waals surface area contributed by atoms with E-state index in [1.165, 1.54) is 60.8 Å². The second-order valence-corrected chi connectivity index (χ2v) is 20.5. The average molecular weight is 695 g/mol. The van der Waals surface area contributed by atoms with Crippen molar-refractivity contribution in [3.63, 3.8) is 0 Å². The summed E-state index contributed by atoms with van der Waals surface area (Å²) in [4.78, 5) is 10.2. The molecule has 1 heterocycles. The standard InChI is InChI=1S/C50H38N2Si/c1-53(2,3)38-27-29-42-41-28-26-37(30-45(41)50(46(42)31-38)43-20-12-10-18-39(43)40-19-11-13-21-44(40)50)33-22-24-36(25-23-33)49-51-47(34-14-6-4-7-15-34)32-48(52-49)35-16-8-5-9-17-35/h4-32H,1-3H3. The van der Waals surface area contributed by atoms with Gasteiger partial charge in [0, 0.05) is 16.7 Å². The first-order chi connectivity index (χ1) is 25.9. The Morgan fingerprint density at radius 2 is 0.811 bits per heavy atom. The fourth-order valence-corrected chi connectivity index (χ4v) is 9.85. The molecule has 2 aliphatic rings. The smallest absolute Gasteiger partial charge is 0.160 e. The molecule has 1 spiro atoms. The predicted molar refractivity (Wildman–Crippen MR) is 223 cm³/mol. The summed E-state index contributed by atoms with van der Waals surface area (Å²) in [5.74, 6) is 0.720. The Morgan fingerprint density at radius 1 is 0.358 bits per heavy atom. The molecular weight excluding hydrogens is 657 g/mol. The number of rotatable bonds is 5. The third kappa shape index (κ3) is 4.92. The van der Waals surface area contributed by atoms with E-state index in [2.05, 4.69) is 183 Å². The molecule has 0 amide bonds. The third-order valence-corrected chi connectivity index (χ3v) is 13.3. The summed E-state index contributed by atoms with van der Waals surface area (Å²) >= 11 is 0. The summed E-state index contributed by atoms with van der Waals surface area (Å²) in [6.45, 7) is 7.35. The minimum atomic E-state index is -1.58. The highest BCUT2D eigenvalue weighted by Crippen LogP contribution is 2.63. The van der Waals surface area contributed by atoms with Gasteiger partial charge in [0.05, 0.1) is 24.9 Å². The van der Waals surface area contributed by atoms with Crippen LogP contribution in [0.5, 0.6) is 0 Å². The van der Waals surface area contributed by atoms with E-state index in [9.17, 15) is 0 Å². The molecule has 8 aromatic rings. The molecule has 0 aliphatic heterocycles. The molecule has 0 saturated carbocycles. The summed E-state index contributed by atoms with van der Waals surface area (Å²) < 4.78 is 0. The molecule has 252 valence electrons. The van der Waals surface area contributed by atoms with Gasteiger partial charge in [0.25, 0.3) is 0 Å². The molecule has 0 N–H and O–H groups in total. The van der Waals surface area contributed by atoms with Gasteiger partial charge in [-0.15, -0.1) is 0 Å². The second-order valence-electron chi connectivity index (χ2n) is 15.4. The normalized spacial score (nSPS) is 13.3. The fourth-order valence-electron chi connectivity index (χ4n) is 8.69. The zero-order chi connectivity index (χ0) is 35.7. The van der Waals surface area contributed by atoms with Crippen molar-refractivity contribution >= 4 is 13.3 Å². The molecule has 0 unspecified atom stereocenters. The van der Waals surface area contributed by atoms with Crippen molar-refractivity contribution in [1.82, 2.24) is 9.97 Å². The molecule has 2 aliphatic carbocycles. The van der Waals surface area contributed by atoms with Gasteiger partial charge in [0.1, 0.15) is 0 Å². The van der Waals surface area contributed by atoms with Crippen LogP contribution in [-0.2, 0) is 5.41 Å². The van der Waals surface area contributed by atoms with E-state index in [4.69, 9.17) is 9.97 Å². The third-order valence-electron chi connectivity index (χ3n) is 11.3. The monoisotopic (exact) mass is 694 g/mol. The van der Waals surface area contributed by atoms with Crippen LogP contribution in [0.3, 0.4) is 0 Å². The van der Waals surface area contributed by atoms with Gasteiger partial charge in [-0.05, 0) is 67.8 Å². The number of aromatic nitrogens is 2. The number of nitrogens with zero attached hydrogens (tertiary/aromatic N) is 2. The second kappa shape index (κ2) is 11.9. The summed E-state index contributed by atoms with van der Waals surface area (Å²) in [6.07, 6.45) is 0. The van der Waals surface area contributed by atoms with Crippen LogP contribution >= 0.6 is 0 Å². The maximum absolute atomic E-state index is 5.08. The van der Waals surface area contributed by atoms with Crippen molar-refractivity contribution in [2.45, 2.75) is 25.1 Å². The summed E-state index contributed by atoms with van der Waals surface area (Å²) in [5.41, 5.74) is 17.9. The Balaban J connectivity index is 1.12. The fraction of sp³-hybridized carbons (Fsp3) is 0.0800. The molecule has 10 rings (SSSR count). The number of fused-ring (bicyclic) bond motifs is 10. The lowest BCUT2D eigenvalue weighted by Gasteiger charge is -2.31. The quantitative estimate of drug-likeness (QED) is 0.168. The first kappa shape index (κ1) is 31.6. The van der Waals surface area contributed by atoms with E-state index >= 15 is 0 Å². The zero-order valence-electron chi connectivity index (χ0n) is 30.1. The van der Waals surface area contributed by atoms with Gasteiger partial charge in [-0.2, -0.15) is 0 Å². The van der Waals surface area contributed by atoms with Crippen LogP contribution < -0.4 is 5.19 Å². The summed E-state index contributed by atoms with van der Waals surface area (Å²) in [7, 11) is -1.58. The molecule has 3 heteroatoms. The largest absolute Gasteiger partial charge is 0.228 e. The van der Waals surface area contributed by atoms with Crippen molar-refractivity contribution in [1.29, 1.82) is 0 Å². The molecule has 0 saturated heterocycles. The van der Waals surface area contributed by atoms with E-state index < -0.39 is 8.07 Å². The lowest BCUT2D eigenvalue weighted by molar-refractivity contribution is 0.795. The van der Waals surface area contributed by atoms with Crippen LogP contribution in [0.4, 0.5) is 0 Å². The van der Waals surface area contributed by atoms with Gasteiger partial charge in [-0.1, -0.05) is 189 Å². The first-order valence-electron chi connectivity index (χ1n) is 18.5. The van der Waals surface area contributed by atoms with Gasteiger partial charge in [0.15, 0.2) is 5.82 Å². The average Bonchev–Trinajstić information content (AvgIpc) is 3.68. The maximum Gasteiger partial charge on any atom is 0.160 e. The first-order valence-corrected chi connectivity index (χ1v) is 22.0. The van der Waals surface area contributed by atoms with Crippen molar-refractivity contribution in [2.24, 2.45) is 0 Å². The van der Waals surface area contributed by atoms with E-state index in [1.54, 1.807) is 0 Å². The van der Waals surface area contributed by atoms with Crippen LogP contribution in [0.15, 0.2) is 176 Å². The summed E-state index contributed by atoms with van der Waals surface area (Å²) in [5, 5.41) is 1.50. The lowest BCUT2D eigenvalue weighted by Crippen LogP contribution is -2.38. The van der Waals surface area contributed by atoms with Crippen LogP contribution in [0.2, 0.25) is 19.6 Å². The minimum absolute atomic E-state index is 0.372. The molecule has 53 heavy (non-hydrogen) atoms. The Hall–Kier alpha value is -6.16. The molecule has 2 nitrogen and oxygen atoms in total. The van der Waals surface area contributed by atoms with E-state index in [1.807, 2.05) is 12.1 Å². The van der Waals surface area contributed by atoms with E-state index in [0.29, 0.717) is 0 Å². The summed E-state index contributed by atoms with van der Waals surface area (Å²) in [6, 6.07) is 64.3. The zero-order valence-corrected chi connectivity index (χ0v) is 31.1. The van der Waals surface area contributed by atoms with Crippen LogP contribution in [0, 0.1) is 0 Å². The molecule has 0 bridgehead atoms. The van der Waals surface area contributed by atoms with Crippen LogP contribution in [0.25, 0.3) is 67.3 Å². The van der Waals surface area contributed by atoms with Gasteiger partial charge in [-0.25, -0.2) is 9.97 Å². The molecule has 1 aromatic heterocycles. The van der Waals surface area contributed by atoms with Crippen LogP contribution in [-0.4, -0.2) is 18.0 Å². The molecule has 0 radical (unpaired) electrons. The van der Waals surface area contributed by atoms with E-state index in [-0.39, 0.29) is 5.41 Å². The van der Waals surface area contributed by atoms with Gasteiger partial charge >= 0.3 is 0 Å². The SMILES string of the molecule is C[Si](C)(C)c1ccc2c(c1)C1(c3ccccc3-c3ccccc31)c1cc(-c3ccc(-c4nc(-c5ccccc5)cc(-c5ccccc5)n4)cc3)ccc1-2. The Bertz CT molecular complexity index is 2590. The van der Waals surface area contributed by atoms with Crippen molar-refractivity contribution < 1.29 is 0 Å². The maximum atomic E-state index is 5.08. The predicted octanol–water partition coefficient (Wildman–Crippen LogP) is 12.0. The Morgan fingerprint density at radius 3 is 1.38 bits per heavy atom. The van der Waals surface area contributed by atoms with Crippen molar-refractivity contribution in [3.05, 3.63) is 198 Å². The molecule has 0 atom stereocenters. The number of hydrogen-bond donors (Lipinski definition) is 0. The van der Waals surface area contributed by atoms with Gasteiger partial charge in [0.2, 0.25) is 0 Å². The highest BCUT2D eigenvalue weighted by atomic mass is 28.3. The number of benzene rings is 7. The Labute approximate surface area is 312 Å². The van der Waals surface area contributed by atoms with Crippen LogP contribution in [0.1, 0.15) is 22.3 Å². The van der Waals surface area contributed by atoms with Gasteiger partial charge in [-0.3, -0.25) is 0 Å². The molecule has 0 fully saturated rings. The highest BCUT2D eigenvalue weighted by Gasteiger charge is 2.51. The van der Waals surface area contributed by atoms with Gasteiger partial charge < -0.3 is 0 Å². The highest BCUT2D eigenvalue weighted by molar-refractivity contribution is 6.88. The molecular formula is C50H38N2Si. The van der Waals surface area contributed by atoms with E-state index in [0.717, 1.165) is 33.9 Å². The lowest BCUT2D eigenvalue weighted by atomic mass is 9.70. The molecule has 7 aromatic carbocycles. The van der Waals surface area contributed by atoms with Crippen molar-refractivity contribution in [3.8, 4) is 67.3 Å². The topological polar surface area (TPSA) is 25.8 Å².